The lowest BCUT2D eigenvalue weighted by Gasteiger charge is -2.19. The van der Waals surface area contributed by atoms with Crippen LogP contribution in [0.25, 0.3) is 0 Å². The lowest BCUT2D eigenvalue weighted by Crippen LogP contribution is -2.24. The molecule has 0 fully saturated rings. The molecule has 0 aliphatic rings. The van der Waals surface area contributed by atoms with Crippen LogP contribution in [0.5, 0.6) is 11.5 Å². The molecule has 14 heteroatoms. The lowest BCUT2D eigenvalue weighted by atomic mass is 10.0. The number of halogens is 12. The van der Waals surface area contributed by atoms with E-state index in [0.717, 1.165) is 49.6 Å². The highest BCUT2D eigenvalue weighted by Gasteiger charge is 2.39. The second kappa shape index (κ2) is 14.9. The Morgan fingerprint density at radius 1 is 0.551 bits per heavy atom. The molecule has 0 unspecified atom stereocenters. The third-order valence-electron chi connectivity index (χ3n) is 6.59. The van der Waals surface area contributed by atoms with Gasteiger partial charge in [-0.25, -0.2) is 30.7 Å². The maximum atomic E-state index is 14.7. The van der Waals surface area contributed by atoms with E-state index in [1.54, 1.807) is 0 Å². The number of aryl methyl sites for hydroxylation is 1. The van der Waals surface area contributed by atoms with Gasteiger partial charge in [-0.05, 0) is 60.9 Å². The molecule has 0 amide bonds. The molecule has 0 spiro atoms. The molecule has 256 valence electrons. The van der Waals surface area contributed by atoms with Crippen LogP contribution >= 0.6 is 0 Å². The van der Waals surface area contributed by atoms with E-state index in [4.69, 9.17) is 0 Å². The average Bonchev–Trinajstić information content (AvgIpc) is 2.97. The van der Waals surface area contributed by atoms with Crippen molar-refractivity contribution in [2.24, 2.45) is 0 Å². The van der Waals surface area contributed by atoms with Gasteiger partial charge in [0.25, 0.3) is 0 Å². The van der Waals surface area contributed by atoms with Crippen LogP contribution in [0.1, 0.15) is 59.6 Å². The zero-order valence-corrected chi connectivity index (χ0v) is 24.9. The van der Waals surface area contributed by atoms with Crippen LogP contribution in [0.15, 0.2) is 54.6 Å². The summed E-state index contributed by atoms with van der Waals surface area (Å²) in [5.74, 6) is -4.69. The van der Waals surface area contributed by atoms with Crippen LogP contribution in [0.2, 0.25) is 0 Å². The topological polar surface area (TPSA) is 18.5 Å². The fourth-order valence-corrected chi connectivity index (χ4v) is 4.34. The minimum atomic E-state index is -5.50. The van der Waals surface area contributed by atoms with Crippen molar-refractivity contribution in [1.29, 1.82) is 0 Å². The average molecular weight is 701 g/mol. The van der Waals surface area contributed by atoms with E-state index < -0.39 is 81.4 Å². The minimum absolute atomic E-state index is 0.0428. The van der Waals surface area contributed by atoms with Crippen molar-refractivity contribution < 1.29 is 62.2 Å². The highest BCUT2D eigenvalue weighted by Crippen LogP contribution is 2.37. The summed E-state index contributed by atoms with van der Waals surface area (Å²) in [6, 6.07) is 5.29. The summed E-state index contributed by atoms with van der Waals surface area (Å²) in [6.45, 7) is 1.98. The van der Waals surface area contributed by atoms with Crippen molar-refractivity contribution >= 4 is 0 Å². The molecule has 0 heterocycles. The Kier molecular flexibility index (Phi) is 11.1. The maximum absolute atomic E-state index is 14.7. The minimum Gasteiger partial charge on any atom is -0.429 e. The third kappa shape index (κ3) is 9.44. The fraction of sp³-hybridized carbons (Fsp3) is 0.200. The smallest absolute Gasteiger partial charge is 0.429 e. The van der Waals surface area contributed by atoms with Gasteiger partial charge in [0.1, 0.15) is 40.4 Å². The first-order valence-corrected chi connectivity index (χ1v) is 14.1. The molecule has 4 aromatic carbocycles. The van der Waals surface area contributed by atoms with E-state index in [0.29, 0.717) is 24.1 Å². The molecule has 0 atom stereocenters. The fourth-order valence-electron chi connectivity index (χ4n) is 4.34. The first kappa shape index (κ1) is 36.6. The van der Waals surface area contributed by atoms with E-state index in [2.05, 4.69) is 33.2 Å². The number of unbranched alkanes of at least 4 members (excludes halogenated alkanes) is 2. The number of hydrogen-bond acceptors (Lipinski definition) is 2. The van der Waals surface area contributed by atoms with Crippen molar-refractivity contribution in [3.8, 4) is 35.2 Å². The van der Waals surface area contributed by atoms with Crippen molar-refractivity contribution in [2.45, 2.75) is 45.1 Å². The molecular weight excluding hydrogens is 680 g/mol. The van der Waals surface area contributed by atoms with Gasteiger partial charge in [0, 0.05) is 23.3 Å². The Bertz CT molecular complexity index is 1930. The first-order valence-electron chi connectivity index (χ1n) is 14.1. The Balaban J connectivity index is 1.51. The van der Waals surface area contributed by atoms with Gasteiger partial charge in [0.15, 0.2) is 11.6 Å². The van der Waals surface area contributed by atoms with Crippen LogP contribution < -0.4 is 9.47 Å². The zero-order valence-electron chi connectivity index (χ0n) is 24.9. The molecule has 0 aliphatic carbocycles. The summed E-state index contributed by atoms with van der Waals surface area (Å²) in [7, 11) is 0. The second-order valence-electron chi connectivity index (χ2n) is 10.3. The van der Waals surface area contributed by atoms with E-state index in [9.17, 15) is 52.7 Å². The molecule has 2 nitrogen and oxygen atoms in total. The van der Waals surface area contributed by atoms with Gasteiger partial charge in [-0.1, -0.05) is 43.4 Å². The predicted octanol–water partition coefficient (Wildman–Crippen LogP) is 10.2. The Labute approximate surface area is 271 Å². The number of benzene rings is 4. The van der Waals surface area contributed by atoms with E-state index in [-0.39, 0.29) is 23.3 Å². The van der Waals surface area contributed by atoms with Gasteiger partial charge >= 0.3 is 12.5 Å². The number of alkyl halides is 5. The van der Waals surface area contributed by atoms with Crippen LogP contribution in [-0.4, -0.2) is 6.36 Å². The molecule has 4 rings (SSSR count). The summed E-state index contributed by atoms with van der Waals surface area (Å²) >= 11 is 0. The van der Waals surface area contributed by atoms with Crippen LogP contribution in [0.4, 0.5) is 52.7 Å². The van der Waals surface area contributed by atoms with Gasteiger partial charge in [0.05, 0.1) is 11.1 Å². The normalized spacial score (nSPS) is 11.4. The number of ether oxygens (including phenoxy) is 2. The Morgan fingerprint density at radius 2 is 1.06 bits per heavy atom. The van der Waals surface area contributed by atoms with E-state index in [1.807, 2.05) is 6.92 Å². The van der Waals surface area contributed by atoms with Crippen molar-refractivity contribution in [3.05, 3.63) is 129 Å². The summed E-state index contributed by atoms with van der Waals surface area (Å²) in [5.41, 5.74) is -3.15. The summed E-state index contributed by atoms with van der Waals surface area (Å²) in [4.78, 5) is 0. The van der Waals surface area contributed by atoms with Crippen LogP contribution in [0, 0.1) is 64.4 Å². The third-order valence-corrected chi connectivity index (χ3v) is 6.59. The van der Waals surface area contributed by atoms with Crippen LogP contribution in [-0.2, 0) is 12.5 Å². The van der Waals surface area contributed by atoms with E-state index >= 15 is 0 Å². The van der Waals surface area contributed by atoms with Gasteiger partial charge < -0.3 is 9.47 Å². The molecule has 0 saturated heterocycles. The first-order chi connectivity index (χ1) is 23.0. The molecule has 49 heavy (non-hydrogen) atoms. The molecule has 0 aromatic heterocycles. The van der Waals surface area contributed by atoms with Crippen molar-refractivity contribution in [3.63, 3.8) is 0 Å². The molecule has 0 saturated carbocycles. The molecular formula is C35H20F12O2. The molecule has 4 aromatic rings. The van der Waals surface area contributed by atoms with Gasteiger partial charge in [-0.15, -0.1) is 13.2 Å². The van der Waals surface area contributed by atoms with Gasteiger partial charge in [-0.2, -0.15) is 8.78 Å². The highest BCUT2D eigenvalue weighted by molar-refractivity contribution is 5.50. The van der Waals surface area contributed by atoms with E-state index in [1.165, 1.54) is 0 Å². The van der Waals surface area contributed by atoms with Gasteiger partial charge in [-0.3, -0.25) is 0 Å². The summed E-state index contributed by atoms with van der Waals surface area (Å²) in [5, 5.41) is 0. The van der Waals surface area contributed by atoms with Crippen molar-refractivity contribution in [2.75, 3.05) is 0 Å². The summed E-state index contributed by atoms with van der Waals surface area (Å²) in [6.07, 6.45) is -7.13. The Morgan fingerprint density at radius 3 is 1.57 bits per heavy atom. The second-order valence-corrected chi connectivity index (χ2v) is 10.3. The largest absolute Gasteiger partial charge is 0.573 e. The lowest BCUT2D eigenvalue weighted by molar-refractivity contribution is -0.276. The van der Waals surface area contributed by atoms with Gasteiger partial charge in [0.2, 0.25) is 5.75 Å². The highest BCUT2D eigenvalue weighted by atomic mass is 19.4. The van der Waals surface area contributed by atoms with Crippen molar-refractivity contribution in [1.82, 2.24) is 0 Å². The molecule has 0 radical (unpaired) electrons. The monoisotopic (exact) mass is 700 g/mol. The molecule has 0 N–H and O–H groups in total. The molecule has 0 bridgehead atoms. The quantitative estimate of drug-likeness (QED) is 0.104. The number of rotatable bonds is 8. The maximum Gasteiger partial charge on any atom is 0.573 e. The summed E-state index contributed by atoms with van der Waals surface area (Å²) < 4.78 is 174. The van der Waals surface area contributed by atoms with Crippen LogP contribution in [0.3, 0.4) is 0 Å². The zero-order chi connectivity index (χ0) is 36.1. The standard InChI is InChI=1S/C35H20F12O2/c1-2-3-4-5-20-13-26(36)24(27(37)14-20)10-7-21-15-28(38)23(29(39)16-21)9-6-19-8-11-25(30(40)12-19)34(43,44)48-22-17-31(41)33(32(42)18-22)49-35(45,46)47/h8,11-18H,2-5H2,1H3. The predicted molar refractivity (Wildman–Crippen MR) is 152 cm³/mol. The number of hydrogen-bond donors (Lipinski definition) is 0. The SMILES string of the molecule is CCCCCc1cc(F)c(C#Cc2cc(F)c(C#Cc3ccc(C(F)(F)Oc4cc(F)c(OC(F)(F)F)c(F)c4)c(F)c3)c(F)c2)c(F)c1. The molecule has 0 aliphatic heterocycles. The Hall–Kier alpha value is -5.24.